The average Bonchev–Trinajstić information content (AvgIpc) is 2.70. The SMILES string of the molecule is C=CCNC1(CC=C)CCN(C(=O)OC(C)(C)C)C1. The van der Waals surface area contributed by atoms with Gasteiger partial charge in [0.05, 0.1) is 0 Å². The highest BCUT2D eigenvalue weighted by molar-refractivity contribution is 5.68. The van der Waals surface area contributed by atoms with Crippen molar-refractivity contribution in [3.63, 3.8) is 0 Å². The van der Waals surface area contributed by atoms with Gasteiger partial charge in [-0.25, -0.2) is 4.79 Å². The summed E-state index contributed by atoms with van der Waals surface area (Å²) >= 11 is 0. The maximum Gasteiger partial charge on any atom is 0.410 e. The predicted molar refractivity (Wildman–Crippen MR) is 78.2 cm³/mol. The van der Waals surface area contributed by atoms with Crippen molar-refractivity contribution in [2.75, 3.05) is 19.6 Å². The molecule has 0 aliphatic carbocycles. The summed E-state index contributed by atoms with van der Waals surface area (Å²) in [6, 6.07) is 0. The molecule has 0 radical (unpaired) electrons. The number of carbonyl (C=O) groups excluding carboxylic acids is 1. The van der Waals surface area contributed by atoms with E-state index >= 15 is 0 Å². The topological polar surface area (TPSA) is 41.6 Å². The Bertz CT molecular complexity index is 347. The molecule has 0 bridgehead atoms. The summed E-state index contributed by atoms with van der Waals surface area (Å²) in [6.07, 6.45) is 5.24. The van der Waals surface area contributed by atoms with Gasteiger partial charge >= 0.3 is 6.09 Å². The number of nitrogens with one attached hydrogen (secondary N) is 1. The van der Waals surface area contributed by atoms with E-state index in [2.05, 4.69) is 18.5 Å². The molecule has 1 aliphatic heterocycles. The highest BCUT2D eigenvalue weighted by Gasteiger charge is 2.39. The summed E-state index contributed by atoms with van der Waals surface area (Å²) in [5.74, 6) is 0. The zero-order valence-electron chi connectivity index (χ0n) is 12.4. The van der Waals surface area contributed by atoms with Crippen LogP contribution in [0.25, 0.3) is 0 Å². The molecule has 0 spiro atoms. The molecule has 1 fully saturated rings. The van der Waals surface area contributed by atoms with Crippen LogP contribution in [0.3, 0.4) is 0 Å². The normalized spacial score (nSPS) is 23.2. The summed E-state index contributed by atoms with van der Waals surface area (Å²) in [4.78, 5) is 13.8. The first kappa shape index (κ1) is 15.8. The van der Waals surface area contributed by atoms with E-state index in [1.165, 1.54) is 0 Å². The highest BCUT2D eigenvalue weighted by atomic mass is 16.6. The van der Waals surface area contributed by atoms with Gasteiger partial charge in [-0.05, 0) is 33.6 Å². The molecule has 108 valence electrons. The third-order valence-electron chi connectivity index (χ3n) is 3.16. The van der Waals surface area contributed by atoms with Crippen LogP contribution >= 0.6 is 0 Å². The smallest absolute Gasteiger partial charge is 0.410 e. The first-order valence-corrected chi connectivity index (χ1v) is 6.77. The third-order valence-corrected chi connectivity index (χ3v) is 3.16. The van der Waals surface area contributed by atoms with Crippen molar-refractivity contribution in [2.45, 2.75) is 44.8 Å². The molecule has 1 unspecified atom stereocenters. The molecule has 1 aliphatic rings. The lowest BCUT2D eigenvalue weighted by Crippen LogP contribution is -2.48. The van der Waals surface area contributed by atoms with Crippen LogP contribution in [0.15, 0.2) is 25.3 Å². The Hall–Kier alpha value is -1.29. The number of hydrogen-bond acceptors (Lipinski definition) is 3. The first-order chi connectivity index (χ1) is 8.82. The van der Waals surface area contributed by atoms with Crippen molar-refractivity contribution in [3.8, 4) is 0 Å². The van der Waals surface area contributed by atoms with Gasteiger partial charge in [-0.1, -0.05) is 12.2 Å². The lowest BCUT2D eigenvalue weighted by atomic mass is 9.94. The number of likely N-dealkylation sites (tertiary alicyclic amines) is 1. The van der Waals surface area contributed by atoms with Crippen molar-refractivity contribution in [3.05, 3.63) is 25.3 Å². The van der Waals surface area contributed by atoms with E-state index in [-0.39, 0.29) is 11.6 Å². The Labute approximate surface area is 116 Å². The minimum atomic E-state index is -0.449. The molecule has 0 aromatic heterocycles. The van der Waals surface area contributed by atoms with E-state index in [1.807, 2.05) is 32.9 Å². The summed E-state index contributed by atoms with van der Waals surface area (Å²) < 4.78 is 5.41. The fourth-order valence-corrected chi connectivity index (χ4v) is 2.30. The molecular formula is C15H26N2O2. The van der Waals surface area contributed by atoms with Crippen molar-refractivity contribution < 1.29 is 9.53 Å². The Kier molecular flexibility index (Phi) is 5.18. The lowest BCUT2D eigenvalue weighted by Gasteiger charge is -2.30. The number of rotatable bonds is 5. The number of hydrogen-bond donors (Lipinski definition) is 1. The minimum Gasteiger partial charge on any atom is -0.444 e. The van der Waals surface area contributed by atoms with Crippen molar-refractivity contribution >= 4 is 6.09 Å². The second-order valence-corrected chi connectivity index (χ2v) is 6.09. The van der Waals surface area contributed by atoms with Crippen LogP contribution in [0, 0.1) is 0 Å². The van der Waals surface area contributed by atoms with Gasteiger partial charge in [0.1, 0.15) is 5.60 Å². The van der Waals surface area contributed by atoms with Crippen molar-refractivity contribution in [1.82, 2.24) is 10.2 Å². The van der Waals surface area contributed by atoms with Crippen LogP contribution in [0.5, 0.6) is 0 Å². The van der Waals surface area contributed by atoms with E-state index in [0.29, 0.717) is 13.1 Å². The minimum absolute atomic E-state index is 0.0904. The van der Waals surface area contributed by atoms with Crippen molar-refractivity contribution in [2.24, 2.45) is 0 Å². The van der Waals surface area contributed by atoms with Crippen LogP contribution < -0.4 is 5.32 Å². The zero-order chi connectivity index (χ0) is 14.5. The molecule has 4 heteroatoms. The highest BCUT2D eigenvalue weighted by Crippen LogP contribution is 2.26. The van der Waals surface area contributed by atoms with Crippen LogP contribution in [0.2, 0.25) is 0 Å². The van der Waals surface area contributed by atoms with E-state index in [4.69, 9.17) is 4.74 Å². The van der Waals surface area contributed by atoms with Gasteiger partial charge in [-0.15, -0.1) is 13.2 Å². The van der Waals surface area contributed by atoms with Gasteiger partial charge in [0, 0.05) is 25.2 Å². The van der Waals surface area contributed by atoms with Crippen LogP contribution in [-0.4, -0.2) is 41.8 Å². The molecule has 0 saturated carbocycles. The quantitative estimate of drug-likeness (QED) is 0.778. The molecule has 4 nitrogen and oxygen atoms in total. The largest absolute Gasteiger partial charge is 0.444 e. The first-order valence-electron chi connectivity index (χ1n) is 6.77. The molecule has 1 saturated heterocycles. The average molecular weight is 266 g/mol. The summed E-state index contributed by atoms with van der Waals surface area (Å²) in [5.41, 5.74) is -0.540. The predicted octanol–water partition coefficient (Wildman–Crippen LogP) is 2.72. The standard InChI is InChI=1S/C15H26N2O2/c1-6-8-15(16-10-7-2)9-11-17(12-15)13(18)19-14(3,4)5/h6-7,16H,1-2,8-12H2,3-5H3. The third kappa shape index (κ3) is 4.71. The Balaban J connectivity index is 2.64. The molecule has 0 aromatic rings. The Morgan fingerprint density at radius 3 is 2.63 bits per heavy atom. The molecule has 19 heavy (non-hydrogen) atoms. The van der Waals surface area contributed by atoms with E-state index in [1.54, 1.807) is 4.90 Å². The molecule has 1 N–H and O–H groups in total. The fourth-order valence-electron chi connectivity index (χ4n) is 2.30. The maximum atomic E-state index is 12.1. The molecular weight excluding hydrogens is 240 g/mol. The number of carbonyl (C=O) groups is 1. The van der Waals surface area contributed by atoms with E-state index in [9.17, 15) is 4.79 Å². The Morgan fingerprint density at radius 2 is 2.11 bits per heavy atom. The van der Waals surface area contributed by atoms with Crippen LogP contribution in [-0.2, 0) is 4.74 Å². The Morgan fingerprint density at radius 1 is 1.42 bits per heavy atom. The molecule has 1 atom stereocenters. The van der Waals surface area contributed by atoms with Gasteiger partial charge in [-0.3, -0.25) is 0 Å². The monoisotopic (exact) mass is 266 g/mol. The lowest BCUT2D eigenvalue weighted by molar-refractivity contribution is 0.0281. The fraction of sp³-hybridized carbons (Fsp3) is 0.667. The number of ether oxygens (including phenoxy) is 1. The second-order valence-electron chi connectivity index (χ2n) is 6.09. The zero-order valence-corrected chi connectivity index (χ0v) is 12.4. The molecule has 1 heterocycles. The van der Waals surface area contributed by atoms with E-state index < -0.39 is 5.60 Å². The van der Waals surface area contributed by atoms with E-state index in [0.717, 1.165) is 19.4 Å². The van der Waals surface area contributed by atoms with Gasteiger partial charge < -0.3 is 15.0 Å². The van der Waals surface area contributed by atoms with Crippen LogP contribution in [0.1, 0.15) is 33.6 Å². The number of amides is 1. The summed E-state index contributed by atoms with van der Waals surface area (Å²) in [5, 5.41) is 3.45. The van der Waals surface area contributed by atoms with Crippen LogP contribution in [0.4, 0.5) is 4.79 Å². The van der Waals surface area contributed by atoms with Gasteiger partial charge in [-0.2, -0.15) is 0 Å². The van der Waals surface area contributed by atoms with Gasteiger partial charge in [0.15, 0.2) is 0 Å². The summed E-state index contributed by atoms with van der Waals surface area (Å²) in [6.45, 7) is 15.3. The maximum absolute atomic E-state index is 12.1. The van der Waals surface area contributed by atoms with Gasteiger partial charge in [0.25, 0.3) is 0 Å². The summed E-state index contributed by atoms with van der Waals surface area (Å²) in [7, 11) is 0. The van der Waals surface area contributed by atoms with Gasteiger partial charge in [0.2, 0.25) is 0 Å². The van der Waals surface area contributed by atoms with Crippen molar-refractivity contribution in [1.29, 1.82) is 0 Å². The molecule has 1 amide bonds. The molecule has 0 aromatic carbocycles. The second kappa shape index (κ2) is 6.24. The molecule has 1 rings (SSSR count). The number of nitrogens with zero attached hydrogens (tertiary/aromatic N) is 1.